The molecule has 6 nitrogen and oxygen atoms in total. The van der Waals surface area contributed by atoms with Gasteiger partial charge in [0.15, 0.2) is 0 Å². The highest BCUT2D eigenvalue weighted by Crippen LogP contribution is 2.06. The SMILES string of the molecule is CCC=CCC=CCC=CCC=CCC=CCC=CCCC(=O)NC(C)C(=CC(=O)O)C(=O)OC. The van der Waals surface area contributed by atoms with Crippen LogP contribution < -0.4 is 5.32 Å². The lowest BCUT2D eigenvalue weighted by atomic mass is 10.1. The first-order chi connectivity index (χ1) is 16.9. The molecule has 0 aromatic carbocycles. The number of carboxylic acid groups (broad SMARTS) is 1. The summed E-state index contributed by atoms with van der Waals surface area (Å²) in [6, 6.07) is -0.753. The number of rotatable bonds is 18. The van der Waals surface area contributed by atoms with Crippen LogP contribution in [0.1, 0.15) is 65.2 Å². The van der Waals surface area contributed by atoms with Crippen molar-refractivity contribution in [2.75, 3.05) is 7.11 Å². The van der Waals surface area contributed by atoms with Crippen molar-refractivity contribution in [1.82, 2.24) is 5.32 Å². The lowest BCUT2D eigenvalue weighted by molar-refractivity contribution is -0.138. The summed E-state index contributed by atoms with van der Waals surface area (Å²) in [6.07, 6.45) is 32.7. The first-order valence-electron chi connectivity index (χ1n) is 12.1. The first-order valence-corrected chi connectivity index (χ1v) is 12.1. The van der Waals surface area contributed by atoms with Crippen molar-refractivity contribution in [3.05, 3.63) is 84.6 Å². The lowest BCUT2D eigenvalue weighted by Crippen LogP contribution is -2.36. The fraction of sp³-hybridized carbons (Fsp3) is 0.414. The molecule has 0 aliphatic rings. The number of hydrogen-bond donors (Lipinski definition) is 2. The van der Waals surface area contributed by atoms with E-state index in [0.717, 1.165) is 51.7 Å². The summed E-state index contributed by atoms with van der Waals surface area (Å²) in [7, 11) is 1.16. The Morgan fingerprint density at radius 3 is 1.60 bits per heavy atom. The Morgan fingerprint density at radius 1 is 0.771 bits per heavy atom. The van der Waals surface area contributed by atoms with E-state index in [1.807, 2.05) is 12.2 Å². The van der Waals surface area contributed by atoms with E-state index >= 15 is 0 Å². The van der Waals surface area contributed by atoms with Gasteiger partial charge in [-0.25, -0.2) is 9.59 Å². The summed E-state index contributed by atoms with van der Waals surface area (Å²) in [5.41, 5.74) is -0.109. The van der Waals surface area contributed by atoms with Crippen molar-refractivity contribution in [2.45, 2.75) is 71.3 Å². The Kier molecular flexibility index (Phi) is 20.2. The van der Waals surface area contributed by atoms with Crippen LogP contribution in [0.25, 0.3) is 0 Å². The number of carbonyl (C=O) groups is 3. The van der Waals surface area contributed by atoms with Gasteiger partial charge in [0.2, 0.25) is 5.91 Å². The molecule has 1 atom stereocenters. The number of allylic oxidation sites excluding steroid dienone is 12. The number of carboxylic acids is 1. The Bertz CT molecular complexity index is 828. The molecule has 0 aliphatic heterocycles. The zero-order chi connectivity index (χ0) is 26.2. The van der Waals surface area contributed by atoms with Crippen molar-refractivity contribution in [1.29, 1.82) is 0 Å². The monoisotopic (exact) mass is 483 g/mol. The van der Waals surface area contributed by atoms with E-state index in [1.165, 1.54) is 0 Å². The lowest BCUT2D eigenvalue weighted by Gasteiger charge is -2.15. The molecule has 0 fully saturated rings. The standard InChI is InChI=1S/C29H41NO5/c1-4-5-6-7-8-9-10-11-12-13-14-15-16-17-18-19-20-21-22-23-27(31)30-25(2)26(24-28(32)33)29(34)35-3/h5-6,8-9,11-12,14-15,17-18,20-21,24-25H,4,7,10,13,16,19,22-23H2,1-3H3,(H,30,31)(H,32,33). The Labute approximate surface area is 210 Å². The molecular weight excluding hydrogens is 442 g/mol. The molecule has 192 valence electrons. The second kappa shape index (κ2) is 22.4. The van der Waals surface area contributed by atoms with E-state index in [0.29, 0.717) is 6.42 Å². The fourth-order valence-corrected chi connectivity index (χ4v) is 2.86. The van der Waals surface area contributed by atoms with Gasteiger partial charge in [-0.2, -0.15) is 0 Å². The smallest absolute Gasteiger partial charge is 0.336 e. The largest absolute Gasteiger partial charge is 0.478 e. The van der Waals surface area contributed by atoms with Gasteiger partial charge in [-0.3, -0.25) is 4.79 Å². The van der Waals surface area contributed by atoms with Gasteiger partial charge in [0, 0.05) is 12.5 Å². The van der Waals surface area contributed by atoms with E-state index in [4.69, 9.17) is 5.11 Å². The van der Waals surface area contributed by atoms with Crippen LogP contribution in [-0.4, -0.2) is 36.1 Å². The molecule has 1 unspecified atom stereocenters. The number of amides is 1. The molecule has 0 spiro atoms. The number of hydrogen-bond acceptors (Lipinski definition) is 4. The van der Waals surface area contributed by atoms with Gasteiger partial charge in [0.1, 0.15) is 0 Å². The van der Waals surface area contributed by atoms with E-state index < -0.39 is 18.0 Å². The normalized spacial score (nSPS) is 13.7. The Balaban J connectivity index is 3.99. The van der Waals surface area contributed by atoms with Crippen LogP contribution >= 0.6 is 0 Å². The minimum atomic E-state index is -1.27. The second-order valence-electron chi connectivity index (χ2n) is 7.67. The molecule has 0 saturated carbocycles. The highest BCUT2D eigenvalue weighted by Gasteiger charge is 2.20. The maximum atomic E-state index is 12.0. The van der Waals surface area contributed by atoms with Gasteiger partial charge in [-0.1, -0.05) is 79.8 Å². The Morgan fingerprint density at radius 2 is 1.20 bits per heavy atom. The molecule has 0 saturated heterocycles. The van der Waals surface area contributed by atoms with E-state index in [9.17, 15) is 14.4 Å². The highest BCUT2D eigenvalue weighted by molar-refractivity contribution is 5.97. The summed E-state index contributed by atoms with van der Waals surface area (Å²) >= 11 is 0. The summed E-state index contributed by atoms with van der Waals surface area (Å²) in [4.78, 5) is 34.6. The van der Waals surface area contributed by atoms with Gasteiger partial charge < -0.3 is 15.2 Å². The molecule has 0 bridgehead atoms. The summed E-state index contributed by atoms with van der Waals surface area (Å²) in [5.74, 6) is -2.32. The van der Waals surface area contributed by atoms with Crippen LogP contribution in [0.15, 0.2) is 84.6 Å². The van der Waals surface area contributed by atoms with E-state index in [2.05, 4.69) is 77.7 Å². The van der Waals surface area contributed by atoms with Crippen molar-refractivity contribution < 1.29 is 24.2 Å². The zero-order valence-corrected chi connectivity index (χ0v) is 21.3. The summed E-state index contributed by atoms with van der Waals surface area (Å²) in [5, 5.41) is 11.5. The van der Waals surface area contributed by atoms with Crippen LogP contribution in [0.5, 0.6) is 0 Å². The number of aliphatic carboxylic acids is 1. The molecule has 0 rings (SSSR count). The van der Waals surface area contributed by atoms with E-state index in [1.54, 1.807) is 6.92 Å². The molecule has 0 aliphatic carbocycles. The van der Waals surface area contributed by atoms with Crippen molar-refractivity contribution in [2.24, 2.45) is 0 Å². The van der Waals surface area contributed by atoms with Crippen molar-refractivity contribution in [3.8, 4) is 0 Å². The van der Waals surface area contributed by atoms with Crippen LogP contribution in [0.2, 0.25) is 0 Å². The number of carbonyl (C=O) groups excluding carboxylic acids is 2. The predicted molar refractivity (Wildman–Crippen MR) is 143 cm³/mol. The topological polar surface area (TPSA) is 92.7 Å². The Hall–Kier alpha value is -3.41. The number of esters is 1. The van der Waals surface area contributed by atoms with Gasteiger partial charge in [-0.05, 0) is 51.9 Å². The maximum Gasteiger partial charge on any atom is 0.336 e. The molecule has 1 amide bonds. The van der Waals surface area contributed by atoms with Gasteiger partial charge >= 0.3 is 11.9 Å². The average molecular weight is 484 g/mol. The van der Waals surface area contributed by atoms with Gasteiger partial charge in [-0.15, -0.1) is 0 Å². The number of methoxy groups -OCH3 is 1. The first kappa shape index (κ1) is 31.6. The molecular formula is C29H41NO5. The predicted octanol–water partition coefficient (Wildman–Crippen LogP) is 6.15. The maximum absolute atomic E-state index is 12.0. The summed E-state index contributed by atoms with van der Waals surface area (Å²) < 4.78 is 4.57. The molecule has 0 heterocycles. The second-order valence-corrected chi connectivity index (χ2v) is 7.67. The van der Waals surface area contributed by atoms with Gasteiger partial charge in [0.25, 0.3) is 0 Å². The van der Waals surface area contributed by atoms with E-state index in [-0.39, 0.29) is 17.9 Å². The molecule has 0 aromatic rings. The quantitative estimate of drug-likeness (QED) is 0.138. The number of nitrogens with one attached hydrogen (secondary N) is 1. The molecule has 0 radical (unpaired) electrons. The third-order valence-electron chi connectivity index (χ3n) is 4.68. The number of ether oxygens (including phenoxy) is 1. The molecule has 0 aromatic heterocycles. The minimum absolute atomic E-state index is 0.109. The third-order valence-corrected chi connectivity index (χ3v) is 4.68. The highest BCUT2D eigenvalue weighted by atomic mass is 16.5. The molecule has 6 heteroatoms. The zero-order valence-electron chi connectivity index (χ0n) is 21.3. The summed E-state index contributed by atoms with van der Waals surface area (Å²) in [6.45, 7) is 3.68. The van der Waals surface area contributed by atoms with Gasteiger partial charge in [0.05, 0.1) is 18.7 Å². The molecule has 35 heavy (non-hydrogen) atoms. The molecule has 2 N–H and O–H groups in total. The van der Waals surface area contributed by atoms with Crippen molar-refractivity contribution >= 4 is 17.8 Å². The average Bonchev–Trinajstić information content (AvgIpc) is 2.83. The fourth-order valence-electron chi connectivity index (χ4n) is 2.86. The van der Waals surface area contributed by atoms with Crippen LogP contribution in [0, 0.1) is 0 Å². The minimum Gasteiger partial charge on any atom is -0.478 e. The third kappa shape index (κ3) is 19.7. The van der Waals surface area contributed by atoms with Crippen LogP contribution in [0.4, 0.5) is 0 Å². The van der Waals surface area contributed by atoms with Crippen LogP contribution in [0.3, 0.4) is 0 Å². The van der Waals surface area contributed by atoms with Crippen molar-refractivity contribution in [3.63, 3.8) is 0 Å². The van der Waals surface area contributed by atoms with Crippen LogP contribution in [-0.2, 0) is 19.1 Å².